The number of rotatable bonds is 8. The van der Waals surface area contributed by atoms with Gasteiger partial charge in [-0.2, -0.15) is 0 Å². The molecule has 0 bridgehead atoms. The van der Waals surface area contributed by atoms with Crippen molar-refractivity contribution in [1.29, 1.82) is 0 Å². The van der Waals surface area contributed by atoms with Gasteiger partial charge < -0.3 is 14.5 Å². The summed E-state index contributed by atoms with van der Waals surface area (Å²) in [4.78, 5) is 43.9. The van der Waals surface area contributed by atoms with Gasteiger partial charge in [0, 0.05) is 44.0 Å². The van der Waals surface area contributed by atoms with Gasteiger partial charge in [0.25, 0.3) is 10.0 Å². The number of ketones is 1. The zero-order valence-electron chi connectivity index (χ0n) is 23.0. The molecular formula is C28H25F2N7O5S. The van der Waals surface area contributed by atoms with E-state index >= 15 is 0 Å². The molecule has 1 aliphatic heterocycles. The fraction of sp³-hybridized carbons (Fsp3) is 0.214. The summed E-state index contributed by atoms with van der Waals surface area (Å²) in [7, 11) is -3.27. The Balaban J connectivity index is 1.44. The van der Waals surface area contributed by atoms with Crippen LogP contribution < -0.4 is 14.4 Å². The van der Waals surface area contributed by atoms with Gasteiger partial charge in [-0.3, -0.25) is 14.3 Å². The van der Waals surface area contributed by atoms with E-state index in [-0.39, 0.29) is 23.3 Å². The molecule has 0 spiro atoms. The molecule has 43 heavy (non-hydrogen) atoms. The van der Waals surface area contributed by atoms with Crippen LogP contribution in [-0.4, -0.2) is 78.2 Å². The molecule has 1 fully saturated rings. The lowest BCUT2D eigenvalue weighted by Gasteiger charge is -2.35. The zero-order valence-corrected chi connectivity index (χ0v) is 23.8. The van der Waals surface area contributed by atoms with Gasteiger partial charge in [0.1, 0.15) is 22.4 Å². The molecule has 4 aromatic rings. The number of fused-ring (bicyclic) bond motifs is 1. The van der Waals surface area contributed by atoms with Gasteiger partial charge >= 0.3 is 0 Å². The normalized spacial score (nSPS) is 13.9. The number of hydrogen-bond donors (Lipinski definition) is 1. The number of nitrogens with zero attached hydrogens (tertiary/aromatic N) is 6. The van der Waals surface area contributed by atoms with Crippen LogP contribution in [0.2, 0.25) is 0 Å². The molecule has 0 saturated carbocycles. The maximum atomic E-state index is 14.3. The molecule has 4 heterocycles. The average Bonchev–Trinajstić information content (AvgIpc) is 3.00. The van der Waals surface area contributed by atoms with Gasteiger partial charge in [0.15, 0.2) is 23.2 Å². The highest BCUT2D eigenvalue weighted by Gasteiger charge is 2.25. The lowest BCUT2D eigenvalue weighted by molar-refractivity contribution is -0.126. The second-order valence-corrected chi connectivity index (χ2v) is 11.1. The summed E-state index contributed by atoms with van der Waals surface area (Å²) in [6.07, 6.45) is 5.34. The lowest BCUT2D eigenvalue weighted by atomic mass is 10.1. The predicted molar refractivity (Wildman–Crippen MR) is 153 cm³/mol. The lowest BCUT2D eigenvalue weighted by Crippen LogP contribution is -2.48. The standard InChI is InChI=1S/C28H25F2N7O5S/c1-17(38)6-9-24(39)36-10-12-37(13-11-36)27-26-21(32-16-33-27)8-7-20(34-26)18-14-22(28(42-2)31-15-18)35-43(40,41)23-5-3-4-19(29)25(23)30/h3-9,14-16,35H,10-13H2,1-2H3/b9-6+. The fourth-order valence-electron chi connectivity index (χ4n) is 4.47. The van der Waals surface area contributed by atoms with E-state index in [4.69, 9.17) is 9.72 Å². The SMILES string of the molecule is COc1ncc(-c2ccc3ncnc(N4CCN(C(=O)/C=C/C(C)=O)CC4)c3n2)cc1NS(=O)(=O)c1cccc(F)c1F. The molecule has 1 N–H and O–H groups in total. The van der Waals surface area contributed by atoms with Crippen LogP contribution in [0, 0.1) is 11.6 Å². The summed E-state index contributed by atoms with van der Waals surface area (Å²) in [5.41, 5.74) is 1.70. The number of aromatic nitrogens is 4. The minimum atomic E-state index is -4.55. The minimum absolute atomic E-state index is 0.0977. The topological polar surface area (TPSA) is 148 Å². The van der Waals surface area contributed by atoms with Crippen LogP contribution in [0.5, 0.6) is 5.88 Å². The van der Waals surface area contributed by atoms with Crippen LogP contribution in [0.1, 0.15) is 6.92 Å². The summed E-state index contributed by atoms with van der Waals surface area (Å²) in [5, 5.41) is 0. The zero-order chi connectivity index (χ0) is 30.7. The number of hydrogen-bond acceptors (Lipinski definition) is 10. The Labute approximate surface area is 245 Å². The minimum Gasteiger partial charge on any atom is -0.480 e. The Kier molecular flexibility index (Phi) is 8.25. The van der Waals surface area contributed by atoms with Crippen molar-refractivity contribution in [2.24, 2.45) is 0 Å². The van der Waals surface area contributed by atoms with Crippen molar-refractivity contribution in [2.75, 3.05) is 42.9 Å². The molecule has 3 aromatic heterocycles. The first kappa shape index (κ1) is 29.4. The number of amides is 1. The molecule has 0 unspecified atom stereocenters. The van der Waals surface area contributed by atoms with Crippen LogP contribution in [0.3, 0.4) is 0 Å². The first-order chi connectivity index (χ1) is 20.6. The van der Waals surface area contributed by atoms with E-state index in [0.29, 0.717) is 54.3 Å². The average molecular weight is 610 g/mol. The van der Waals surface area contributed by atoms with E-state index in [1.54, 1.807) is 17.0 Å². The molecule has 0 atom stereocenters. The Morgan fingerprint density at radius 1 is 1.02 bits per heavy atom. The molecule has 12 nitrogen and oxygen atoms in total. The third-order valence-corrected chi connectivity index (χ3v) is 7.99. The Hall–Kier alpha value is -5.05. The Morgan fingerprint density at radius 3 is 2.51 bits per heavy atom. The van der Waals surface area contributed by atoms with Crippen LogP contribution in [-0.2, 0) is 19.6 Å². The molecule has 1 aliphatic rings. The van der Waals surface area contributed by atoms with E-state index in [2.05, 4.69) is 19.7 Å². The molecule has 1 aromatic carbocycles. The number of anilines is 2. The molecular weight excluding hydrogens is 584 g/mol. The quantitative estimate of drug-likeness (QED) is 0.296. The van der Waals surface area contributed by atoms with Crippen LogP contribution in [0.15, 0.2) is 66.0 Å². The molecule has 0 aliphatic carbocycles. The second kappa shape index (κ2) is 12.1. The van der Waals surface area contributed by atoms with Crippen LogP contribution in [0.4, 0.5) is 20.3 Å². The number of halogens is 2. The maximum Gasteiger partial charge on any atom is 0.265 e. The van der Waals surface area contributed by atoms with Crippen molar-refractivity contribution in [3.8, 4) is 17.1 Å². The molecule has 0 radical (unpaired) electrons. The summed E-state index contributed by atoms with van der Waals surface area (Å²) in [6, 6.07) is 7.65. The number of carbonyl (C=O) groups excluding carboxylic acids is 2. The van der Waals surface area contributed by atoms with Crippen molar-refractivity contribution < 1.29 is 31.5 Å². The second-order valence-electron chi connectivity index (χ2n) is 9.46. The number of piperazine rings is 1. The van der Waals surface area contributed by atoms with E-state index in [1.165, 1.54) is 44.8 Å². The van der Waals surface area contributed by atoms with Gasteiger partial charge in [-0.1, -0.05) is 6.07 Å². The monoisotopic (exact) mass is 609 g/mol. The van der Waals surface area contributed by atoms with Crippen LogP contribution >= 0.6 is 0 Å². The third kappa shape index (κ3) is 6.25. The summed E-state index contributed by atoms with van der Waals surface area (Å²) in [6.45, 7) is 3.11. The van der Waals surface area contributed by atoms with Gasteiger partial charge in [-0.15, -0.1) is 0 Å². The third-order valence-electron chi connectivity index (χ3n) is 6.60. The van der Waals surface area contributed by atoms with Crippen molar-refractivity contribution >= 4 is 44.3 Å². The number of allylic oxidation sites excluding steroid dienone is 1. The molecule has 1 amide bonds. The maximum absolute atomic E-state index is 14.3. The van der Waals surface area contributed by atoms with Gasteiger partial charge in [0.2, 0.25) is 11.8 Å². The largest absolute Gasteiger partial charge is 0.480 e. The van der Waals surface area contributed by atoms with E-state index in [9.17, 15) is 26.8 Å². The van der Waals surface area contributed by atoms with Crippen molar-refractivity contribution in [3.05, 3.63) is 72.7 Å². The first-order valence-corrected chi connectivity index (χ1v) is 14.4. The number of ether oxygens (including phenoxy) is 1. The first-order valence-electron chi connectivity index (χ1n) is 12.9. The Bertz CT molecular complexity index is 1860. The number of carbonyl (C=O) groups is 2. The molecule has 15 heteroatoms. The fourth-order valence-corrected chi connectivity index (χ4v) is 5.61. The van der Waals surface area contributed by atoms with Crippen LogP contribution in [0.25, 0.3) is 22.3 Å². The number of methoxy groups -OCH3 is 1. The highest BCUT2D eigenvalue weighted by molar-refractivity contribution is 7.92. The Morgan fingerprint density at radius 2 is 1.79 bits per heavy atom. The van der Waals surface area contributed by atoms with Crippen molar-refractivity contribution in [1.82, 2.24) is 24.8 Å². The summed E-state index contributed by atoms with van der Waals surface area (Å²) >= 11 is 0. The highest BCUT2D eigenvalue weighted by Crippen LogP contribution is 2.32. The van der Waals surface area contributed by atoms with Gasteiger partial charge in [0.05, 0.1) is 18.3 Å². The van der Waals surface area contributed by atoms with Crippen molar-refractivity contribution in [2.45, 2.75) is 11.8 Å². The highest BCUT2D eigenvalue weighted by atomic mass is 32.2. The van der Waals surface area contributed by atoms with Crippen molar-refractivity contribution in [3.63, 3.8) is 0 Å². The number of nitrogens with one attached hydrogen (secondary N) is 1. The number of pyridine rings is 2. The van der Waals surface area contributed by atoms with Gasteiger partial charge in [-0.25, -0.2) is 37.1 Å². The molecule has 5 rings (SSSR count). The van der Waals surface area contributed by atoms with E-state index in [1.807, 2.05) is 4.90 Å². The predicted octanol–water partition coefficient (Wildman–Crippen LogP) is 2.97. The van der Waals surface area contributed by atoms with E-state index < -0.39 is 26.6 Å². The molecule has 222 valence electrons. The van der Waals surface area contributed by atoms with E-state index in [0.717, 1.165) is 18.2 Å². The summed E-state index contributed by atoms with van der Waals surface area (Å²) < 4.78 is 61.3. The smallest absolute Gasteiger partial charge is 0.265 e. The summed E-state index contributed by atoms with van der Waals surface area (Å²) in [5.74, 6) is -2.83. The molecule has 1 saturated heterocycles. The number of sulfonamides is 1. The van der Waals surface area contributed by atoms with Gasteiger partial charge in [-0.05, 0) is 43.3 Å². The number of benzene rings is 1.